The van der Waals surface area contributed by atoms with Crippen LogP contribution in [0.25, 0.3) is 0 Å². The van der Waals surface area contributed by atoms with Crippen molar-refractivity contribution in [2.24, 2.45) is 0 Å². The molecule has 0 aromatic heterocycles. The lowest BCUT2D eigenvalue weighted by molar-refractivity contribution is -0.146. The third kappa shape index (κ3) is 2.60. The molecule has 17 heavy (non-hydrogen) atoms. The van der Waals surface area contributed by atoms with Crippen LogP contribution in [0.1, 0.15) is 33.6 Å². The Morgan fingerprint density at radius 2 is 2.06 bits per heavy atom. The summed E-state index contributed by atoms with van der Waals surface area (Å²) in [4.78, 5) is 24.5. The van der Waals surface area contributed by atoms with E-state index in [0.717, 1.165) is 0 Å². The number of aliphatic carboxylic acids is 1. The maximum absolute atomic E-state index is 11.9. The summed E-state index contributed by atoms with van der Waals surface area (Å²) in [6, 6.07) is 0. The molecule has 96 valence electrons. The average molecular weight is 241 g/mol. The van der Waals surface area contributed by atoms with Gasteiger partial charge < -0.3 is 9.84 Å². The van der Waals surface area contributed by atoms with Crippen molar-refractivity contribution >= 4 is 12.1 Å². The number of nitrogens with zero attached hydrogens (tertiary/aromatic N) is 1. The lowest BCUT2D eigenvalue weighted by Gasteiger charge is -2.33. The molecule has 1 fully saturated rings. The molecule has 1 rings (SSSR count). The molecule has 0 saturated carbocycles. The summed E-state index contributed by atoms with van der Waals surface area (Å²) in [6.45, 7) is 9.16. The Balaban J connectivity index is 2.93. The maximum Gasteiger partial charge on any atom is 0.411 e. The minimum atomic E-state index is -1.32. The first-order valence-corrected chi connectivity index (χ1v) is 5.60. The van der Waals surface area contributed by atoms with E-state index in [0.29, 0.717) is 19.4 Å². The van der Waals surface area contributed by atoms with Crippen LogP contribution in [-0.4, -0.2) is 39.8 Å². The molecule has 0 radical (unpaired) electrons. The van der Waals surface area contributed by atoms with E-state index in [1.165, 1.54) is 11.0 Å². The second-order valence-corrected chi connectivity index (χ2v) is 5.17. The fourth-order valence-electron chi connectivity index (χ4n) is 1.93. The molecule has 1 atom stereocenters. The van der Waals surface area contributed by atoms with E-state index in [2.05, 4.69) is 6.58 Å². The van der Waals surface area contributed by atoms with Gasteiger partial charge in [0.1, 0.15) is 5.60 Å². The molecule has 1 heterocycles. The molecule has 1 saturated heterocycles. The van der Waals surface area contributed by atoms with Crippen molar-refractivity contribution in [1.82, 2.24) is 4.90 Å². The van der Waals surface area contributed by atoms with Crippen molar-refractivity contribution in [2.75, 3.05) is 6.54 Å². The van der Waals surface area contributed by atoms with E-state index in [1.807, 2.05) is 0 Å². The van der Waals surface area contributed by atoms with Gasteiger partial charge in [0.25, 0.3) is 0 Å². The van der Waals surface area contributed by atoms with Gasteiger partial charge in [-0.2, -0.15) is 0 Å². The molecule has 0 bridgehead atoms. The van der Waals surface area contributed by atoms with Gasteiger partial charge >= 0.3 is 12.1 Å². The van der Waals surface area contributed by atoms with Crippen molar-refractivity contribution in [2.45, 2.75) is 44.8 Å². The standard InChI is InChI=1S/C12H19NO4/c1-5-12(9(14)15)7-6-8-13(12)10(16)17-11(2,3)4/h5H,1,6-8H2,2-4H3,(H,14,15)/t12-/m0/s1. The number of likely N-dealkylation sites (tertiary alicyclic amines) is 1. The number of carbonyl (C=O) groups excluding carboxylic acids is 1. The molecule has 5 nitrogen and oxygen atoms in total. The van der Waals surface area contributed by atoms with E-state index < -0.39 is 23.2 Å². The molecule has 0 unspecified atom stereocenters. The molecule has 1 aliphatic rings. The number of hydrogen-bond donors (Lipinski definition) is 1. The summed E-state index contributed by atoms with van der Waals surface area (Å²) in [5.74, 6) is -1.06. The topological polar surface area (TPSA) is 66.8 Å². The van der Waals surface area contributed by atoms with E-state index in [1.54, 1.807) is 20.8 Å². The summed E-state index contributed by atoms with van der Waals surface area (Å²) in [7, 11) is 0. The van der Waals surface area contributed by atoms with Gasteiger partial charge in [-0.15, -0.1) is 6.58 Å². The first-order chi connectivity index (χ1) is 7.73. The fourth-order valence-corrected chi connectivity index (χ4v) is 1.93. The van der Waals surface area contributed by atoms with Gasteiger partial charge in [-0.05, 0) is 33.6 Å². The Hall–Kier alpha value is -1.52. The molecule has 1 aliphatic heterocycles. The highest BCUT2D eigenvalue weighted by atomic mass is 16.6. The van der Waals surface area contributed by atoms with Gasteiger partial charge in [-0.1, -0.05) is 6.08 Å². The second kappa shape index (κ2) is 4.39. The highest BCUT2D eigenvalue weighted by Crippen LogP contribution is 2.32. The normalized spacial score (nSPS) is 24.5. The van der Waals surface area contributed by atoms with Crippen LogP contribution >= 0.6 is 0 Å². The summed E-state index contributed by atoms with van der Waals surface area (Å²) in [5.41, 5.74) is -1.95. The first-order valence-electron chi connectivity index (χ1n) is 5.60. The number of rotatable bonds is 2. The molecule has 0 aliphatic carbocycles. The summed E-state index contributed by atoms with van der Waals surface area (Å²) < 4.78 is 5.20. The third-order valence-corrected chi connectivity index (χ3v) is 2.74. The molecular formula is C12H19NO4. The van der Waals surface area contributed by atoms with E-state index >= 15 is 0 Å². The fraction of sp³-hybridized carbons (Fsp3) is 0.667. The predicted molar refractivity (Wildman–Crippen MR) is 62.7 cm³/mol. The van der Waals surface area contributed by atoms with Crippen molar-refractivity contribution < 1.29 is 19.4 Å². The van der Waals surface area contributed by atoms with Crippen LogP contribution in [0.15, 0.2) is 12.7 Å². The van der Waals surface area contributed by atoms with Crippen molar-refractivity contribution in [3.8, 4) is 0 Å². The van der Waals surface area contributed by atoms with Crippen LogP contribution in [0.2, 0.25) is 0 Å². The first kappa shape index (κ1) is 13.5. The number of amides is 1. The Kier molecular flexibility index (Phi) is 3.50. The molecule has 0 aromatic rings. The van der Waals surface area contributed by atoms with Crippen LogP contribution in [0, 0.1) is 0 Å². The monoisotopic (exact) mass is 241 g/mol. The van der Waals surface area contributed by atoms with Gasteiger partial charge in [-0.25, -0.2) is 9.59 Å². The smallest absolute Gasteiger partial charge is 0.411 e. The van der Waals surface area contributed by atoms with Crippen LogP contribution in [0.5, 0.6) is 0 Å². The Morgan fingerprint density at radius 3 is 2.47 bits per heavy atom. The Bertz CT molecular complexity index is 345. The van der Waals surface area contributed by atoms with Gasteiger partial charge in [-0.3, -0.25) is 4.90 Å². The number of carbonyl (C=O) groups is 2. The van der Waals surface area contributed by atoms with Crippen molar-refractivity contribution in [3.63, 3.8) is 0 Å². The van der Waals surface area contributed by atoms with Gasteiger partial charge in [0.15, 0.2) is 5.54 Å². The minimum absolute atomic E-state index is 0.380. The van der Waals surface area contributed by atoms with Crippen LogP contribution in [0.4, 0.5) is 4.79 Å². The molecule has 1 N–H and O–H groups in total. The molecule has 0 spiro atoms. The number of hydrogen-bond acceptors (Lipinski definition) is 3. The molecule has 5 heteroatoms. The number of carboxylic acids is 1. The van der Waals surface area contributed by atoms with Crippen LogP contribution in [0.3, 0.4) is 0 Å². The zero-order valence-corrected chi connectivity index (χ0v) is 10.5. The predicted octanol–water partition coefficient (Wildman–Crippen LogP) is 2.03. The summed E-state index contributed by atoms with van der Waals surface area (Å²) in [6.07, 6.45) is 1.73. The van der Waals surface area contributed by atoms with Crippen molar-refractivity contribution in [1.29, 1.82) is 0 Å². The summed E-state index contributed by atoms with van der Waals surface area (Å²) in [5, 5.41) is 9.26. The highest BCUT2D eigenvalue weighted by molar-refractivity contribution is 5.87. The van der Waals surface area contributed by atoms with Gasteiger partial charge in [0.2, 0.25) is 0 Å². The average Bonchev–Trinajstić information content (AvgIpc) is 2.59. The molecule has 0 aromatic carbocycles. The second-order valence-electron chi connectivity index (χ2n) is 5.17. The van der Waals surface area contributed by atoms with Gasteiger partial charge in [0, 0.05) is 6.54 Å². The zero-order valence-electron chi connectivity index (χ0n) is 10.5. The quantitative estimate of drug-likeness (QED) is 0.751. The maximum atomic E-state index is 11.9. The molecular weight excluding hydrogens is 222 g/mol. The number of ether oxygens (including phenoxy) is 1. The summed E-state index contributed by atoms with van der Waals surface area (Å²) >= 11 is 0. The highest BCUT2D eigenvalue weighted by Gasteiger charge is 2.49. The Morgan fingerprint density at radius 1 is 1.47 bits per heavy atom. The van der Waals surface area contributed by atoms with E-state index in [-0.39, 0.29) is 0 Å². The zero-order chi connectivity index (χ0) is 13.3. The van der Waals surface area contributed by atoms with Crippen molar-refractivity contribution in [3.05, 3.63) is 12.7 Å². The van der Waals surface area contributed by atoms with Gasteiger partial charge in [0.05, 0.1) is 0 Å². The third-order valence-electron chi connectivity index (χ3n) is 2.74. The lowest BCUT2D eigenvalue weighted by atomic mass is 9.97. The largest absolute Gasteiger partial charge is 0.479 e. The minimum Gasteiger partial charge on any atom is -0.479 e. The van der Waals surface area contributed by atoms with E-state index in [9.17, 15) is 14.7 Å². The van der Waals surface area contributed by atoms with E-state index in [4.69, 9.17) is 4.74 Å². The SMILES string of the molecule is C=C[C@@]1(C(=O)O)CCCN1C(=O)OC(C)(C)C. The lowest BCUT2D eigenvalue weighted by Crippen LogP contribution is -2.52. The molecule has 1 amide bonds. The van der Waals surface area contributed by atoms with Crippen LogP contribution in [-0.2, 0) is 9.53 Å². The van der Waals surface area contributed by atoms with Crippen LogP contribution < -0.4 is 0 Å². The Labute approximate surface area is 101 Å². The number of carboxylic acid groups (broad SMARTS) is 1.